The van der Waals surface area contributed by atoms with Crippen molar-refractivity contribution in [3.63, 3.8) is 0 Å². The van der Waals surface area contributed by atoms with Crippen LogP contribution in [0.15, 0.2) is 36.4 Å². The summed E-state index contributed by atoms with van der Waals surface area (Å²) < 4.78 is 47.7. The van der Waals surface area contributed by atoms with Crippen LogP contribution in [-0.2, 0) is 14.8 Å². The van der Waals surface area contributed by atoms with Crippen LogP contribution in [0.25, 0.3) is 0 Å². The van der Waals surface area contributed by atoms with E-state index in [1.165, 1.54) is 27.2 Å². The predicted molar refractivity (Wildman–Crippen MR) is 112 cm³/mol. The zero-order chi connectivity index (χ0) is 21.9. The largest absolute Gasteiger partial charge is 0.497 e. The molecule has 0 aliphatic carbocycles. The van der Waals surface area contributed by atoms with Gasteiger partial charge in [0.05, 0.1) is 26.2 Å². The maximum absolute atomic E-state index is 12.9. The minimum absolute atomic E-state index is 0.198. The van der Waals surface area contributed by atoms with E-state index in [1.54, 1.807) is 30.3 Å². The summed E-state index contributed by atoms with van der Waals surface area (Å²) in [6, 6.07) is 8.64. The number of methoxy groups -OCH3 is 2. The van der Waals surface area contributed by atoms with Crippen molar-refractivity contribution < 1.29 is 32.2 Å². The number of hydrogen-bond donors (Lipinski definition) is 1. The molecule has 3 rings (SSSR count). The Morgan fingerprint density at radius 2 is 1.77 bits per heavy atom. The third-order valence-electron chi connectivity index (χ3n) is 4.52. The minimum Gasteiger partial charge on any atom is -0.497 e. The van der Waals surface area contributed by atoms with Gasteiger partial charge in [-0.25, -0.2) is 8.42 Å². The van der Waals surface area contributed by atoms with Gasteiger partial charge in [-0.2, -0.15) is 0 Å². The van der Waals surface area contributed by atoms with Gasteiger partial charge in [-0.1, -0.05) is 0 Å². The van der Waals surface area contributed by atoms with Crippen LogP contribution in [0.5, 0.6) is 23.0 Å². The van der Waals surface area contributed by atoms with E-state index < -0.39 is 22.0 Å². The maximum Gasteiger partial charge on any atom is 0.247 e. The Hall–Kier alpha value is -3.14. The zero-order valence-corrected chi connectivity index (χ0v) is 18.0. The fourth-order valence-electron chi connectivity index (χ4n) is 3.12. The molecule has 0 radical (unpaired) electrons. The second-order valence-electron chi connectivity index (χ2n) is 6.62. The molecule has 9 nitrogen and oxygen atoms in total. The molecule has 30 heavy (non-hydrogen) atoms. The Morgan fingerprint density at radius 1 is 1.07 bits per heavy atom. The highest BCUT2D eigenvalue weighted by Gasteiger charge is 2.32. The van der Waals surface area contributed by atoms with Crippen molar-refractivity contribution in [2.45, 2.75) is 13.0 Å². The van der Waals surface area contributed by atoms with Crippen molar-refractivity contribution in [1.82, 2.24) is 0 Å². The number of amides is 1. The first kappa shape index (κ1) is 21.6. The topological polar surface area (TPSA) is 103 Å². The van der Waals surface area contributed by atoms with Gasteiger partial charge in [0.25, 0.3) is 0 Å². The van der Waals surface area contributed by atoms with Crippen molar-refractivity contribution in [3.8, 4) is 23.0 Å². The molecule has 1 atom stereocenters. The molecule has 1 aliphatic heterocycles. The van der Waals surface area contributed by atoms with Gasteiger partial charge in [-0.15, -0.1) is 0 Å². The van der Waals surface area contributed by atoms with Gasteiger partial charge in [0, 0.05) is 17.8 Å². The van der Waals surface area contributed by atoms with Crippen LogP contribution in [0.4, 0.5) is 11.4 Å². The minimum atomic E-state index is -3.83. The molecule has 0 spiro atoms. The lowest BCUT2D eigenvalue weighted by atomic mass is 10.2. The molecule has 1 aliphatic rings. The fourth-order valence-corrected chi connectivity index (χ4v) is 4.29. The average Bonchev–Trinajstić information content (AvgIpc) is 2.72. The lowest BCUT2D eigenvalue weighted by Gasteiger charge is -2.29. The van der Waals surface area contributed by atoms with E-state index in [2.05, 4.69) is 5.32 Å². The SMILES string of the molecule is COc1ccc(OC)c(N(C(C)C(=O)Nc2ccc3c(c2)OCCO3)S(C)(=O)=O)c1. The first-order valence-electron chi connectivity index (χ1n) is 9.16. The fraction of sp³-hybridized carbons (Fsp3) is 0.350. The highest BCUT2D eigenvalue weighted by atomic mass is 32.2. The summed E-state index contributed by atoms with van der Waals surface area (Å²) in [4.78, 5) is 12.9. The van der Waals surface area contributed by atoms with Crippen LogP contribution in [0, 0.1) is 0 Å². The van der Waals surface area contributed by atoms with Gasteiger partial charge in [0.1, 0.15) is 30.8 Å². The van der Waals surface area contributed by atoms with E-state index in [4.69, 9.17) is 18.9 Å². The Morgan fingerprint density at radius 3 is 2.40 bits per heavy atom. The van der Waals surface area contributed by atoms with E-state index in [0.29, 0.717) is 41.9 Å². The molecule has 1 amide bonds. The van der Waals surface area contributed by atoms with Crippen LogP contribution < -0.4 is 28.6 Å². The van der Waals surface area contributed by atoms with E-state index in [9.17, 15) is 13.2 Å². The number of rotatable bonds is 7. The summed E-state index contributed by atoms with van der Waals surface area (Å²) >= 11 is 0. The number of carbonyl (C=O) groups excluding carboxylic acids is 1. The number of hydrogen-bond acceptors (Lipinski definition) is 7. The van der Waals surface area contributed by atoms with Crippen LogP contribution in [0.1, 0.15) is 6.92 Å². The number of benzene rings is 2. The number of ether oxygens (including phenoxy) is 4. The Kier molecular flexibility index (Phi) is 6.25. The molecular weight excluding hydrogens is 412 g/mol. The summed E-state index contributed by atoms with van der Waals surface area (Å²) in [5.41, 5.74) is 0.659. The monoisotopic (exact) mass is 436 g/mol. The van der Waals surface area contributed by atoms with Crippen LogP contribution in [0.2, 0.25) is 0 Å². The molecule has 2 aromatic carbocycles. The van der Waals surface area contributed by atoms with Gasteiger partial charge >= 0.3 is 0 Å². The predicted octanol–water partition coefficient (Wildman–Crippen LogP) is 2.27. The number of nitrogens with zero attached hydrogens (tertiary/aromatic N) is 1. The molecular formula is C20H24N2O7S. The molecule has 0 saturated heterocycles. The number of anilines is 2. The van der Waals surface area contributed by atoms with Gasteiger partial charge in [0.2, 0.25) is 15.9 Å². The third-order valence-corrected chi connectivity index (χ3v) is 5.75. The highest BCUT2D eigenvalue weighted by Crippen LogP contribution is 2.36. The molecule has 0 fully saturated rings. The molecule has 1 unspecified atom stereocenters. The van der Waals surface area contributed by atoms with Crippen molar-refractivity contribution in [1.29, 1.82) is 0 Å². The Balaban J connectivity index is 1.91. The van der Waals surface area contributed by atoms with Crippen molar-refractivity contribution in [2.24, 2.45) is 0 Å². The Bertz CT molecular complexity index is 1040. The van der Waals surface area contributed by atoms with E-state index in [0.717, 1.165) is 10.6 Å². The number of nitrogens with one attached hydrogen (secondary N) is 1. The van der Waals surface area contributed by atoms with Gasteiger partial charge in [0.15, 0.2) is 11.5 Å². The van der Waals surface area contributed by atoms with E-state index in [1.807, 2.05) is 0 Å². The average molecular weight is 436 g/mol. The van der Waals surface area contributed by atoms with Crippen LogP contribution in [0.3, 0.4) is 0 Å². The van der Waals surface area contributed by atoms with Gasteiger partial charge in [-0.05, 0) is 31.2 Å². The smallest absolute Gasteiger partial charge is 0.247 e. The molecule has 0 aromatic heterocycles. The maximum atomic E-state index is 12.9. The summed E-state index contributed by atoms with van der Waals surface area (Å²) in [7, 11) is -0.945. The number of fused-ring (bicyclic) bond motifs is 1. The lowest BCUT2D eigenvalue weighted by Crippen LogP contribution is -2.45. The van der Waals surface area contributed by atoms with Crippen molar-refractivity contribution >= 4 is 27.3 Å². The normalized spacial score (nSPS) is 13.9. The molecule has 162 valence electrons. The van der Waals surface area contributed by atoms with Crippen molar-refractivity contribution in [2.75, 3.05) is 43.3 Å². The van der Waals surface area contributed by atoms with E-state index in [-0.39, 0.29) is 5.69 Å². The molecule has 0 bridgehead atoms. The lowest BCUT2D eigenvalue weighted by molar-refractivity contribution is -0.116. The number of carbonyl (C=O) groups is 1. The zero-order valence-electron chi connectivity index (χ0n) is 17.2. The molecule has 10 heteroatoms. The molecule has 1 N–H and O–H groups in total. The number of sulfonamides is 1. The standard InChI is InChI=1S/C20H24N2O7S/c1-13(20(23)21-14-5-7-18-19(11-14)29-10-9-28-18)22(30(4,24)25)16-12-15(26-2)6-8-17(16)27-3/h5-8,11-13H,9-10H2,1-4H3,(H,21,23). The van der Waals surface area contributed by atoms with Gasteiger partial charge in [-0.3, -0.25) is 9.10 Å². The second kappa shape index (κ2) is 8.70. The summed E-state index contributed by atoms with van der Waals surface area (Å²) in [5, 5.41) is 2.73. The summed E-state index contributed by atoms with van der Waals surface area (Å²) in [5.74, 6) is 1.30. The summed E-state index contributed by atoms with van der Waals surface area (Å²) in [6.45, 7) is 2.37. The van der Waals surface area contributed by atoms with Crippen molar-refractivity contribution in [3.05, 3.63) is 36.4 Å². The second-order valence-corrected chi connectivity index (χ2v) is 8.48. The quantitative estimate of drug-likeness (QED) is 0.710. The molecule has 0 saturated carbocycles. The van der Waals surface area contributed by atoms with Crippen LogP contribution >= 0.6 is 0 Å². The van der Waals surface area contributed by atoms with Crippen LogP contribution in [-0.4, -0.2) is 54.1 Å². The first-order valence-corrected chi connectivity index (χ1v) is 11.0. The third kappa shape index (κ3) is 4.54. The molecule has 1 heterocycles. The highest BCUT2D eigenvalue weighted by molar-refractivity contribution is 7.92. The molecule has 2 aromatic rings. The van der Waals surface area contributed by atoms with Gasteiger partial charge < -0.3 is 24.3 Å². The summed E-state index contributed by atoms with van der Waals surface area (Å²) in [6.07, 6.45) is 1.03. The Labute approximate surface area is 175 Å². The van der Waals surface area contributed by atoms with E-state index >= 15 is 0 Å². The first-order chi connectivity index (χ1) is 14.2.